The topological polar surface area (TPSA) is 112 Å². The van der Waals surface area contributed by atoms with Gasteiger partial charge in [-0.1, -0.05) is 11.8 Å². The molecular weight excluding hydrogens is 549 g/mol. The molecule has 0 radical (unpaired) electrons. The molecule has 4 fully saturated rings. The molecule has 1 N–H and O–H groups in total. The fourth-order valence-corrected chi connectivity index (χ4v) is 6.29. The summed E-state index contributed by atoms with van der Waals surface area (Å²) in [6, 6.07) is 10.4. The van der Waals surface area contributed by atoms with Crippen molar-refractivity contribution in [1.29, 1.82) is 5.26 Å². The highest BCUT2D eigenvalue weighted by Crippen LogP contribution is 2.36. The summed E-state index contributed by atoms with van der Waals surface area (Å²) in [5.41, 5.74) is 3.23. The molecule has 0 amide bonds. The van der Waals surface area contributed by atoms with Gasteiger partial charge in [0.1, 0.15) is 17.5 Å². The van der Waals surface area contributed by atoms with E-state index < -0.39 is 11.4 Å². The Kier molecular flexibility index (Phi) is 6.94. The van der Waals surface area contributed by atoms with E-state index in [1.807, 2.05) is 24.4 Å². The summed E-state index contributed by atoms with van der Waals surface area (Å²) in [5, 5.41) is 24.9. The first-order chi connectivity index (χ1) is 20.9. The lowest BCUT2D eigenvalue weighted by molar-refractivity contribution is -0.0262. The molecule has 2 atom stereocenters. The summed E-state index contributed by atoms with van der Waals surface area (Å²) in [7, 11) is 1.41. The van der Waals surface area contributed by atoms with Crippen molar-refractivity contribution in [2.45, 2.75) is 43.5 Å². The number of pyridine rings is 3. The van der Waals surface area contributed by atoms with Crippen LogP contribution in [0.3, 0.4) is 0 Å². The molecule has 11 heteroatoms. The summed E-state index contributed by atoms with van der Waals surface area (Å²) in [5.74, 6) is 6.61. The molecule has 218 valence electrons. The number of aliphatic hydroxyl groups is 1. The Morgan fingerprint density at radius 2 is 1.95 bits per heavy atom. The molecule has 0 spiro atoms. The summed E-state index contributed by atoms with van der Waals surface area (Å²) in [4.78, 5) is 13.6. The Labute approximate surface area is 248 Å². The molecule has 4 aromatic heterocycles. The van der Waals surface area contributed by atoms with Crippen LogP contribution in [0.4, 0.5) is 10.2 Å². The van der Waals surface area contributed by atoms with Gasteiger partial charge in [0, 0.05) is 79.8 Å². The molecule has 10 nitrogen and oxygen atoms in total. The molecule has 0 saturated carbocycles. The van der Waals surface area contributed by atoms with Crippen LogP contribution >= 0.6 is 0 Å². The molecule has 4 aliphatic rings. The first-order valence-corrected chi connectivity index (χ1v) is 14.3. The smallest absolute Gasteiger partial charge is 0.250 e. The molecule has 8 rings (SSSR count). The highest BCUT2D eigenvalue weighted by molar-refractivity contribution is 5.85. The lowest BCUT2D eigenvalue weighted by atomic mass is 9.87. The molecule has 0 aliphatic carbocycles. The van der Waals surface area contributed by atoms with Gasteiger partial charge < -0.3 is 19.5 Å². The Bertz CT molecular complexity index is 1770. The number of piperidine rings is 1. The zero-order valence-electron chi connectivity index (χ0n) is 23.7. The van der Waals surface area contributed by atoms with Crippen LogP contribution in [0.1, 0.15) is 36.0 Å². The minimum absolute atomic E-state index is 0.0132. The zero-order chi connectivity index (χ0) is 29.6. The number of hydrogen-bond donors (Lipinski definition) is 1. The Morgan fingerprint density at radius 1 is 1.14 bits per heavy atom. The van der Waals surface area contributed by atoms with Crippen LogP contribution in [0, 0.1) is 29.0 Å². The van der Waals surface area contributed by atoms with Gasteiger partial charge in [-0.25, -0.2) is 18.9 Å². The largest absolute Gasteiger partial charge is 0.479 e. The van der Waals surface area contributed by atoms with Crippen molar-refractivity contribution in [1.82, 2.24) is 24.5 Å². The van der Waals surface area contributed by atoms with E-state index in [1.54, 1.807) is 23.1 Å². The fourth-order valence-electron chi connectivity index (χ4n) is 6.29. The Hall–Kier alpha value is -4.55. The number of anilines is 1. The van der Waals surface area contributed by atoms with Crippen molar-refractivity contribution >= 4 is 11.3 Å². The number of fused-ring (bicyclic) bond motifs is 3. The number of halogens is 1. The number of nitriles is 1. The van der Waals surface area contributed by atoms with Crippen molar-refractivity contribution in [3.8, 4) is 34.9 Å². The summed E-state index contributed by atoms with van der Waals surface area (Å²) >= 11 is 0. The first-order valence-electron chi connectivity index (χ1n) is 14.3. The fraction of sp³-hybridized carbons (Fsp3) is 0.375. The minimum atomic E-state index is -1.08. The van der Waals surface area contributed by atoms with Crippen molar-refractivity contribution < 1.29 is 19.0 Å². The highest BCUT2D eigenvalue weighted by atomic mass is 19.1. The van der Waals surface area contributed by atoms with Gasteiger partial charge in [-0.2, -0.15) is 10.4 Å². The second-order valence-corrected chi connectivity index (χ2v) is 11.4. The molecule has 4 aliphatic heterocycles. The third-order valence-electron chi connectivity index (χ3n) is 8.64. The van der Waals surface area contributed by atoms with Crippen LogP contribution < -0.4 is 9.64 Å². The number of rotatable bonds is 5. The SMILES string of the molecule is COc1ncc(CN2C3CC2CN(c2ccc(-c4cc(C#CC5(O)CCOCC5)cn5ncc(C#N)c45)cn2)C3)cc1F. The molecule has 2 unspecified atom stereocenters. The average molecular weight is 580 g/mol. The van der Waals surface area contributed by atoms with Crippen LogP contribution in [-0.4, -0.2) is 80.7 Å². The van der Waals surface area contributed by atoms with Crippen molar-refractivity contribution in [2.75, 3.05) is 38.3 Å². The first kappa shape index (κ1) is 27.3. The van der Waals surface area contributed by atoms with E-state index >= 15 is 0 Å². The molecular formula is C32H30FN7O3. The number of aromatic nitrogens is 4. The minimum Gasteiger partial charge on any atom is -0.479 e. The summed E-state index contributed by atoms with van der Waals surface area (Å²) < 4.78 is 26.1. The van der Waals surface area contributed by atoms with Crippen LogP contribution in [0.25, 0.3) is 16.6 Å². The standard InChI is InChI=1S/C32H30FN7O3/c1-42-31-28(33)11-22(14-36-31)17-39-25-12-26(39)20-38(19-25)29-3-2-23(15-35-29)27-10-21(4-5-32(41)6-8-43-9-7-32)18-40-30(27)24(13-34)16-37-40/h2-3,10-11,14-16,18,25-26,41H,6-9,12,17,19-20H2,1H3. The van der Waals surface area contributed by atoms with Gasteiger partial charge in [-0.15, -0.1) is 0 Å². The monoisotopic (exact) mass is 579 g/mol. The van der Waals surface area contributed by atoms with Gasteiger partial charge in [0.2, 0.25) is 5.88 Å². The maximum Gasteiger partial charge on any atom is 0.250 e. The second-order valence-electron chi connectivity index (χ2n) is 11.4. The summed E-state index contributed by atoms with van der Waals surface area (Å²) in [6.07, 6.45) is 8.86. The Morgan fingerprint density at radius 3 is 2.65 bits per heavy atom. The van der Waals surface area contributed by atoms with Crippen LogP contribution in [0.5, 0.6) is 5.88 Å². The maximum absolute atomic E-state index is 14.2. The molecule has 4 aromatic rings. The molecule has 43 heavy (non-hydrogen) atoms. The molecule has 0 aromatic carbocycles. The number of nitrogens with zero attached hydrogens (tertiary/aromatic N) is 7. The van der Waals surface area contributed by atoms with Gasteiger partial charge in [-0.05, 0) is 36.2 Å². The number of piperazine rings is 1. The predicted octanol–water partition coefficient (Wildman–Crippen LogP) is 3.17. The van der Waals surface area contributed by atoms with E-state index in [2.05, 4.69) is 37.8 Å². The predicted molar refractivity (Wildman–Crippen MR) is 156 cm³/mol. The van der Waals surface area contributed by atoms with Gasteiger partial charge in [-0.3, -0.25) is 4.90 Å². The lowest BCUT2D eigenvalue weighted by Crippen LogP contribution is -2.68. The van der Waals surface area contributed by atoms with E-state index in [0.717, 1.165) is 42.0 Å². The second kappa shape index (κ2) is 10.9. The van der Waals surface area contributed by atoms with E-state index in [-0.39, 0.29) is 5.88 Å². The number of methoxy groups -OCH3 is 1. The number of ether oxygens (including phenoxy) is 2. The quantitative estimate of drug-likeness (QED) is 0.357. The van der Waals surface area contributed by atoms with Crippen molar-refractivity contribution in [2.24, 2.45) is 0 Å². The van der Waals surface area contributed by atoms with E-state index in [9.17, 15) is 14.8 Å². The van der Waals surface area contributed by atoms with Gasteiger partial charge in [0.25, 0.3) is 0 Å². The third-order valence-corrected chi connectivity index (χ3v) is 8.64. The van der Waals surface area contributed by atoms with E-state index in [1.165, 1.54) is 13.2 Å². The lowest BCUT2D eigenvalue weighted by Gasteiger charge is -2.56. The van der Waals surface area contributed by atoms with Crippen molar-refractivity contribution in [3.05, 3.63) is 71.6 Å². The van der Waals surface area contributed by atoms with Crippen LogP contribution in [0.15, 0.2) is 49.1 Å². The molecule has 4 saturated heterocycles. The van der Waals surface area contributed by atoms with E-state index in [0.29, 0.717) is 61.3 Å². The maximum atomic E-state index is 14.2. The van der Waals surface area contributed by atoms with Crippen molar-refractivity contribution in [3.63, 3.8) is 0 Å². The van der Waals surface area contributed by atoms with Gasteiger partial charge in [0.05, 0.1) is 37.6 Å². The Balaban J connectivity index is 1.10. The highest BCUT2D eigenvalue weighted by Gasteiger charge is 2.44. The van der Waals surface area contributed by atoms with E-state index in [4.69, 9.17) is 14.5 Å². The van der Waals surface area contributed by atoms with Crippen LogP contribution in [0.2, 0.25) is 0 Å². The third kappa shape index (κ3) is 5.17. The number of hydrogen-bond acceptors (Lipinski definition) is 9. The molecule has 8 heterocycles. The van der Waals surface area contributed by atoms with Gasteiger partial charge >= 0.3 is 0 Å². The molecule has 2 bridgehead atoms. The zero-order valence-corrected chi connectivity index (χ0v) is 23.7. The normalized spacial score (nSPS) is 21.0. The van der Waals surface area contributed by atoms with Gasteiger partial charge in [0.15, 0.2) is 5.82 Å². The van der Waals surface area contributed by atoms with Crippen LogP contribution in [-0.2, 0) is 11.3 Å². The summed E-state index contributed by atoms with van der Waals surface area (Å²) in [6.45, 7) is 3.28. The average Bonchev–Trinajstić information content (AvgIpc) is 3.46.